The van der Waals surface area contributed by atoms with Crippen LogP contribution in [0, 0.1) is 17.8 Å². The molecule has 2 rings (SSSR count). The van der Waals surface area contributed by atoms with Crippen LogP contribution in [0.2, 0.25) is 0 Å². The van der Waals surface area contributed by atoms with Crippen molar-refractivity contribution in [3.05, 3.63) is 12.2 Å². The van der Waals surface area contributed by atoms with Crippen molar-refractivity contribution in [1.82, 2.24) is 0 Å². The van der Waals surface area contributed by atoms with Crippen LogP contribution >= 0.6 is 0 Å². The minimum atomic E-state index is -3.97. The Kier molecular flexibility index (Phi) is 2.58. The first-order valence-electron chi connectivity index (χ1n) is 5.31. The fourth-order valence-electron chi connectivity index (χ4n) is 2.75. The van der Waals surface area contributed by atoms with Crippen molar-refractivity contribution in [3.8, 4) is 0 Å². The minimum absolute atomic E-state index is 0.292. The maximum atomic E-state index is 12.5. The zero-order valence-electron chi connectivity index (χ0n) is 8.06. The highest BCUT2D eigenvalue weighted by molar-refractivity contribution is 5.00. The smallest absolute Gasteiger partial charge is 0.171 e. The molecule has 2 aliphatic rings. The van der Waals surface area contributed by atoms with Gasteiger partial charge in [-0.15, -0.1) is 0 Å². The van der Waals surface area contributed by atoms with Crippen LogP contribution in [-0.4, -0.2) is 6.18 Å². The van der Waals surface area contributed by atoms with Gasteiger partial charge in [0.05, 0.1) is 5.92 Å². The predicted molar refractivity (Wildman–Crippen MR) is 48.8 cm³/mol. The Bertz CT molecular complexity index is 229. The van der Waals surface area contributed by atoms with Crippen LogP contribution in [-0.2, 0) is 0 Å². The van der Waals surface area contributed by atoms with Crippen molar-refractivity contribution in [3.63, 3.8) is 0 Å². The molecule has 1 saturated carbocycles. The molecule has 0 N–H and O–H groups in total. The van der Waals surface area contributed by atoms with Gasteiger partial charge in [0.2, 0.25) is 0 Å². The number of fused-ring (bicyclic) bond motifs is 1. The SMILES string of the molecule is FC(F)(F)C1CCC2C=CCCC2C1. The number of halogens is 3. The summed E-state index contributed by atoms with van der Waals surface area (Å²) in [6.07, 6.45) is 3.61. The molecule has 0 bridgehead atoms. The Morgan fingerprint density at radius 2 is 1.86 bits per heavy atom. The molecule has 14 heavy (non-hydrogen) atoms. The molecular weight excluding hydrogens is 189 g/mol. The summed E-state index contributed by atoms with van der Waals surface area (Å²) in [7, 11) is 0. The average molecular weight is 204 g/mol. The third kappa shape index (κ3) is 1.96. The highest BCUT2D eigenvalue weighted by Crippen LogP contribution is 2.45. The van der Waals surface area contributed by atoms with Crippen LogP contribution < -0.4 is 0 Å². The van der Waals surface area contributed by atoms with Crippen molar-refractivity contribution in [2.24, 2.45) is 17.8 Å². The van der Waals surface area contributed by atoms with E-state index in [0.717, 1.165) is 19.3 Å². The van der Waals surface area contributed by atoms with E-state index in [1.807, 2.05) is 0 Å². The molecule has 0 amide bonds. The van der Waals surface area contributed by atoms with Gasteiger partial charge in [-0.3, -0.25) is 0 Å². The van der Waals surface area contributed by atoms with Crippen molar-refractivity contribution >= 4 is 0 Å². The van der Waals surface area contributed by atoms with Crippen LogP contribution in [0.4, 0.5) is 13.2 Å². The molecule has 3 atom stereocenters. The molecule has 1 fully saturated rings. The summed E-state index contributed by atoms with van der Waals surface area (Å²) in [5, 5.41) is 0. The third-order valence-electron chi connectivity index (χ3n) is 3.59. The number of alkyl halides is 3. The molecule has 0 radical (unpaired) electrons. The highest BCUT2D eigenvalue weighted by Gasteiger charge is 2.44. The summed E-state index contributed by atoms with van der Waals surface area (Å²) < 4.78 is 37.4. The van der Waals surface area contributed by atoms with Crippen LogP contribution in [0.1, 0.15) is 32.1 Å². The first kappa shape index (κ1) is 10.1. The second kappa shape index (κ2) is 3.59. The van der Waals surface area contributed by atoms with Crippen LogP contribution in [0.5, 0.6) is 0 Å². The van der Waals surface area contributed by atoms with Crippen molar-refractivity contribution in [1.29, 1.82) is 0 Å². The lowest BCUT2D eigenvalue weighted by Gasteiger charge is -2.37. The van der Waals surface area contributed by atoms with E-state index in [2.05, 4.69) is 12.2 Å². The molecule has 3 heteroatoms. The van der Waals surface area contributed by atoms with Crippen molar-refractivity contribution < 1.29 is 13.2 Å². The fraction of sp³-hybridized carbons (Fsp3) is 0.818. The van der Waals surface area contributed by atoms with E-state index in [1.165, 1.54) is 0 Å². The maximum absolute atomic E-state index is 12.5. The molecule has 0 aromatic rings. The van der Waals surface area contributed by atoms with Gasteiger partial charge < -0.3 is 0 Å². The molecule has 2 aliphatic carbocycles. The fourth-order valence-corrected chi connectivity index (χ4v) is 2.75. The van der Waals surface area contributed by atoms with E-state index in [1.54, 1.807) is 0 Å². The summed E-state index contributed by atoms with van der Waals surface area (Å²) >= 11 is 0. The van der Waals surface area contributed by atoms with Crippen molar-refractivity contribution in [2.75, 3.05) is 0 Å². The Hall–Kier alpha value is -0.470. The second-order valence-corrected chi connectivity index (χ2v) is 4.48. The van der Waals surface area contributed by atoms with Crippen molar-refractivity contribution in [2.45, 2.75) is 38.3 Å². The number of rotatable bonds is 0. The van der Waals surface area contributed by atoms with Crippen LogP contribution in [0.25, 0.3) is 0 Å². The van der Waals surface area contributed by atoms with Gasteiger partial charge in [-0.1, -0.05) is 12.2 Å². The van der Waals surface area contributed by atoms with Crippen LogP contribution in [0.3, 0.4) is 0 Å². The monoisotopic (exact) mass is 204 g/mol. The Balaban J connectivity index is 2.01. The normalized spacial score (nSPS) is 38.1. The highest BCUT2D eigenvalue weighted by atomic mass is 19.4. The second-order valence-electron chi connectivity index (χ2n) is 4.48. The Morgan fingerprint density at radius 1 is 1.07 bits per heavy atom. The quantitative estimate of drug-likeness (QED) is 0.524. The number of allylic oxidation sites excluding steroid dienone is 2. The topological polar surface area (TPSA) is 0 Å². The summed E-state index contributed by atoms with van der Waals surface area (Å²) in [5.41, 5.74) is 0. The first-order valence-corrected chi connectivity index (χ1v) is 5.31. The molecule has 0 saturated heterocycles. The Morgan fingerprint density at radius 3 is 2.57 bits per heavy atom. The number of hydrogen-bond donors (Lipinski definition) is 0. The van der Waals surface area contributed by atoms with Gasteiger partial charge >= 0.3 is 6.18 Å². The average Bonchev–Trinajstić information content (AvgIpc) is 2.16. The van der Waals surface area contributed by atoms with E-state index in [4.69, 9.17) is 0 Å². The molecule has 0 heterocycles. The zero-order valence-corrected chi connectivity index (χ0v) is 8.06. The summed E-state index contributed by atoms with van der Waals surface area (Å²) in [5.74, 6) is -0.307. The molecule has 0 spiro atoms. The van der Waals surface area contributed by atoms with Gasteiger partial charge in [0.25, 0.3) is 0 Å². The van der Waals surface area contributed by atoms with E-state index in [-0.39, 0.29) is 0 Å². The molecule has 3 unspecified atom stereocenters. The molecule has 0 nitrogen and oxygen atoms in total. The van der Waals surface area contributed by atoms with Gasteiger partial charge in [-0.25, -0.2) is 0 Å². The van der Waals surface area contributed by atoms with Gasteiger partial charge in [0, 0.05) is 0 Å². The van der Waals surface area contributed by atoms with E-state index >= 15 is 0 Å². The number of hydrogen-bond acceptors (Lipinski definition) is 0. The minimum Gasteiger partial charge on any atom is -0.171 e. The molecule has 0 aliphatic heterocycles. The van der Waals surface area contributed by atoms with E-state index in [0.29, 0.717) is 24.7 Å². The van der Waals surface area contributed by atoms with Crippen LogP contribution in [0.15, 0.2) is 12.2 Å². The zero-order chi connectivity index (χ0) is 10.2. The maximum Gasteiger partial charge on any atom is 0.391 e. The summed E-state index contributed by atoms with van der Waals surface area (Å²) in [6, 6.07) is 0. The van der Waals surface area contributed by atoms with Gasteiger partial charge in [0.1, 0.15) is 0 Å². The Labute approximate surface area is 82.2 Å². The molecular formula is C11H15F3. The van der Waals surface area contributed by atoms with Gasteiger partial charge in [0.15, 0.2) is 0 Å². The molecule has 0 aromatic heterocycles. The summed E-state index contributed by atoms with van der Waals surface area (Å²) in [4.78, 5) is 0. The largest absolute Gasteiger partial charge is 0.391 e. The lowest BCUT2D eigenvalue weighted by molar-refractivity contribution is -0.188. The molecule has 80 valence electrons. The first-order chi connectivity index (χ1) is 6.57. The third-order valence-corrected chi connectivity index (χ3v) is 3.59. The van der Waals surface area contributed by atoms with Gasteiger partial charge in [-0.2, -0.15) is 13.2 Å². The lowest BCUT2D eigenvalue weighted by Crippen LogP contribution is -2.33. The lowest BCUT2D eigenvalue weighted by atomic mass is 9.70. The summed E-state index contributed by atoms with van der Waals surface area (Å²) in [6.45, 7) is 0. The standard InChI is InChI=1S/C11H15F3/c12-11(13,14)10-6-5-8-3-1-2-4-9(8)7-10/h1,3,8-10H,2,4-7H2. The van der Waals surface area contributed by atoms with E-state index < -0.39 is 12.1 Å². The van der Waals surface area contributed by atoms with E-state index in [9.17, 15) is 13.2 Å². The predicted octanol–water partition coefficient (Wildman–Crippen LogP) is 3.93. The van der Waals surface area contributed by atoms with Gasteiger partial charge in [-0.05, 0) is 43.9 Å². The molecule has 0 aromatic carbocycles.